The molecule has 1 saturated heterocycles. The number of anilines is 1. The molecule has 0 aliphatic carbocycles. The van der Waals surface area contributed by atoms with Crippen LogP contribution in [-0.4, -0.2) is 11.9 Å². The summed E-state index contributed by atoms with van der Waals surface area (Å²) in [7, 11) is 0. The minimum Gasteiger partial charge on any atom is -0.318 e. The number of nitrogens with zero attached hydrogens (tertiary/aromatic N) is 1. The van der Waals surface area contributed by atoms with Crippen molar-refractivity contribution in [3.63, 3.8) is 0 Å². The number of halogens is 2. The van der Waals surface area contributed by atoms with Gasteiger partial charge < -0.3 is 10.6 Å². The largest absolute Gasteiger partial charge is 0.318 e. The first-order chi connectivity index (χ1) is 10.5. The molecule has 1 amide bonds. The quantitative estimate of drug-likeness (QED) is 0.863. The number of hydrogen-bond acceptors (Lipinski definition) is 2. The van der Waals surface area contributed by atoms with Crippen molar-refractivity contribution < 1.29 is 4.79 Å². The normalized spacial score (nSPS) is 20.9. The Bertz CT molecular complexity index is 715. The molecule has 0 radical (unpaired) electrons. The van der Waals surface area contributed by atoms with Gasteiger partial charge in [0, 0.05) is 15.7 Å². The number of benzene rings is 2. The zero-order chi connectivity index (χ0) is 15.9. The summed E-state index contributed by atoms with van der Waals surface area (Å²) in [6.07, 6.45) is 0.959. The molecule has 0 bridgehead atoms. The average Bonchev–Trinajstić information content (AvgIpc) is 2.53. The van der Waals surface area contributed by atoms with Gasteiger partial charge >= 0.3 is 0 Å². The molecule has 0 spiro atoms. The maximum atomic E-state index is 12.2. The SMILES string of the molecule is CCc1ccc(N2C(=O)[C@@H](N)[C@H]2c2ccc(Cl)cc2Cl)cc1. The Labute approximate surface area is 139 Å². The maximum absolute atomic E-state index is 12.2. The summed E-state index contributed by atoms with van der Waals surface area (Å²) in [5, 5.41) is 1.09. The summed E-state index contributed by atoms with van der Waals surface area (Å²) >= 11 is 12.2. The summed E-state index contributed by atoms with van der Waals surface area (Å²) in [5.74, 6) is -0.0970. The molecule has 3 rings (SSSR count). The molecule has 22 heavy (non-hydrogen) atoms. The summed E-state index contributed by atoms with van der Waals surface area (Å²) in [6, 6.07) is 12.4. The van der Waals surface area contributed by atoms with E-state index in [-0.39, 0.29) is 11.9 Å². The third-order valence-electron chi connectivity index (χ3n) is 4.04. The Morgan fingerprint density at radius 2 is 1.82 bits per heavy atom. The van der Waals surface area contributed by atoms with Gasteiger partial charge in [-0.2, -0.15) is 0 Å². The molecule has 1 aliphatic heterocycles. The Kier molecular flexibility index (Phi) is 4.13. The molecule has 0 unspecified atom stereocenters. The second kappa shape index (κ2) is 5.92. The van der Waals surface area contributed by atoms with E-state index in [4.69, 9.17) is 28.9 Å². The van der Waals surface area contributed by atoms with E-state index >= 15 is 0 Å². The van der Waals surface area contributed by atoms with Gasteiger partial charge in [0.25, 0.3) is 0 Å². The van der Waals surface area contributed by atoms with Crippen molar-refractivity contribution in [2.24, 2.45) is 5.73 Å². The fraction of sp³-hybridized carbons (Fsp3) is 0.235. The van der Waals surface area contributed by atoms with E-state index in [2.05, 4.69) is 6.92 Å². The number of β-lactam (4-membered cyclic amide) rings is 1. The first-order valence-electron chi connectivity index (χ1n) is 7.15. The Morgan fingerprint density at radius 3 is 2.41 bits per heavy atom. The number of carbonyl (C=O) groups is 1. The van der Waals surface area contributed by atoms with Gasteiger partial charge in [-0.15, -0.1) is 0 Å². The summed E-state index contributed by atoms with van der Waals surface area (Å²) in [6.45, 7) is 2.09. The van der Waals surface area contributed by atoms with E-state index in [0.29, 0.717) is 10.0 Å². The Balaban J connectivity index is 1.97. The third-order valence-corrected chi connectivity index (χ3v) is 4.61. The van der Waals surface area contributed by atoms with Crippen molar-refractivity contribution in [2.45, 2.75) is 25.4 Å². The van der Waals surface area contributed by atoms with Crippen LogP contribution in [0.1, 0.15) is 24.1 Å². The molecular weight excluding hydrogens is 319 g/mol. The summed E-state index contributed by atoms with van der Waals surface area (Å²) in [4.78, 5) is 13.9. The second-order valence-electron chi connectivity index (χ2n) is 5.36. The summed E-state index contributed by atoms with van der Waals surface area (Å²) < 4.78 is 0. The highest BCUT2D eigenvalue weighted by Crippen LogP contribution is 2.41. The van der Waals surface area contributed by atoms with E-state index in [1.54, 1.807) is 17.0 Å². The van der Waals surface area contributed by atoms with Crippen molar-refractivity contribution >= 4 is 34.8 Å². The lowest BCUT2D eigenvalue weighted by Crippen LogP contribution is -2.63. The van der Waals surface area contributed by atoms with Crippen LogP contribution in [0.5, 0.6) is 0 Å². The predicted octanol–water partition coefficient (Wildman–Crippen LogP) is 3.97. The summed E-state index contributed by atoms with van der Waals surface area (Å²) in [5.41, 5.74) is 8.88. The van der Waals surface area contributed by atoms with Crippen LogP contribution in [0, 0.1) is 0 Å². The fourth-order valence-corrected chi connectivity index (χ4v) is 3.29. The van der Waals surface area contributed by atoms with E-state index in [1.807, 2.05) is 30.3 Å². The van der Waals surface area contributed by atoms with Crippen LogP contribution >= 0.6 is 23.2 Å². The number of nitrogens with two attached hydrogens (primary N) is 1. The van der Waals surface area contributed by atoms with Crippen LogP contribution in [0.3, 0.4) is 0 Å². The highest BCUT2D eigenvalue weighted by molar-refractivity contribution is 6.35. The van der Waals surface area contributed by atoms with Gasteiger partial charge in [-0.1, -0.05) is 48.3 Å². The zero-order valence-corrected chi connectivity index (χ0v) is 13.6. The number of amides is 1. The first-order valence-corrected chi connectivity index (χ1v) is 7.91. The van der Waals surface area contributed by atoms with Gasteiger partial charge in [0.05, 0.1) is 6.04 Å². The highest BCUT2D eigenvalue weighted by Gasteiger charge is 2.47. The van der Waals surface area contributed by atoms with E-state index < -0.39 is 6.04 Å². The molecule has 5 heteroatoms. The van der Waals surface area contributed by atoms with Crippen molar-refractivity contribution in [2.75, 3.05) is 4.90 Å². The van der Waals surface area contributed by atoms with Crippen molar-refractivity contribution in [3.8, 4) is 0 Å². The number of carbonyl (C=O) groups excluding carboxylic acids is 1. The monoisotopic (exact) mass is 334 g/mol. The van der Waals surface area contributed by atoms with E-state index in [1.165, 1.54) is 5.56 Å². The minimum atomic E-state index is -0.579. The predicted molar refractivity (Wildman–Crippen MR) is 90.5 cm³/mol. The highest BCUT2D eigenvalue weighted by atomic mass is 35.5. The van der Waals surface area contributed by atoms with E-state index in [0.717, 1.165) is 17.7 Å². The molecule has 2 atom stereocenters. The Hall–Kier alpha value is -1.55. The van der Waals surface area contributed by atoms with Crippen LogP contribution in [-0.2, 0) is 11.2 Å². The molecule has 114 valence electrons. The molecule has 0 saturated carbocycles. The number of hydrogen-bond donors (Lipinski definition) is 1. The molecule has 2 aromatic rings. The van der Waals surface area contributed by atoms with Gasteiger partial charge in [-0.05, 0) is 41.8 Å². The second-order valence-corrected chi connectivity index (χ2v) is 6.21. The third kappa shape index (κ3) is 2.50. The molecule has 1 fully saturated rings. The first kappa shape index (κ1) is 15.3. The molecule has 1 aliphatic rings. The Morgan fingerprint density at radius 1 is 1.14 bits per heavy atom. The fourth-order valence-electron chi connectivity index (χ4n) is 2.77. The van der Waals surface area contributed by atoms with Crippen molar-refractivity contribution in [1.29, 1.82) is 0 Å². The van der Waals surface area contributed by atoms with Crippen LogP contribution in [0.4, 0.5) is 5.69 Å². The lowest BCUT2D eigenvalue weighted by molar-refractivity contribution is -0.126. The molecular formula is C17H16Cl2N2O. The average molecular weight is 335 g/mol. The molecule has 2 aromatic carbocycles. The van der Waals surface area contributed by atoms with Crippen molar-refractivity contribution in [3.05, 3.63) is 63.6 Å². The lowest BCUT2D eigenvalue weighted by Gasteiger charge is -2.46. The van der Waals surface area contributed by atoms with Gasteiger partial charge in [0.15, 0.2) is 0 Å². The maximum Gasteiger partial charge on any atom is 0.247 e. The minimum absolute atomic E-state index is 0.0970. The molecule has 3 nitrogen and oxygen atoms in total. The van der Waals surface area contributed by atoms with E-state index in [9.17, 15) is 4.79 Å². The zero-order valence-electron chi connectivity index (χ0n) is 12.1. The standard InChI is InChI=1S/C17H16Cl2N2O/c1-2-10-3-6-12(7-4-10)21-16(15(20)17(21)22)13-8-5-11(18)9-14(13)19/h3-9,15-16H,2,20H2,1H3/t15-,16+/m0/s1. The van der Waals surface area contributed by atoms with Crippen LogP contribution in [0.15, 0.2) is 42.5 Å². The molecule has 1 heterocycles. The van der Waals surface area contributed by atoms with Crippen LogP contribution < -0.4 is 10.6 Å². The number of aryl methyl sites for hydroxylation is 1. The van der Waals surface area contributed by atoms with Crippen LogP contribution in [0.2, 0.25) is 10.0 Å². The number of rotatable bonds is 3. The van der Waals surface area contributed by atoms with Gasteiger partial charge in [-0.25, -0.2) is 0 Å². The molecule has 2 N–H and O–H groups in total. The smallest absolute Gasteiger partial charge is 0.247 e. The van der Waals surface area contributed by atoms with Gasteiger partial charge in [0.2, 0.25) is 5.91 Å². The van der Waals surface area contributed by atoms with Gasteiger partial charge in [-0.3, -0.25) is 4.79 Å². The van der Waals surface area contributed by atoms with Gasteiger partial charge in [0.1, 0.15) is 6.04 Å². The lowest BCUT2D eigenvalue weighted by atomic mass is 9.88. The van der Waals surface area contributed by atoms with Crippen molar-refractivity contribution in [1.82, 2.24) is 0 Å². The molecule has 0 aromatic heterocycles. The topological polar surface area (TPSA) is 46.3 Å². The van der Waals surface area contributed by atoms with Crippen LogP contribution in [0.25, 0.3) is 0 Å².